The Balaban J connectivity index is 1.85. The van der Waals surface area contributed by atoms with E-state index in [0.717, 1.165) is 12.8 Å². The molecule has 3 atom stereocenters. The third-order valence-electron chi connectivity index (χ3n) is 4.43. The SMILES string of the molecule is CC1CCCC(C)N1NC(CN)CCc1ccccc1. The minimum Gasteiger partial charge on any atom is -0.329 e. The van der Waals surface area contributed by atoms with Gasteiger partial charge in [0.05, 0.1) is 0 Å². The van der Waals surface area contributed by atoms with Crippen LogP contribution in [0.5, 0.6) is 0 Å². The summed E-state index contributed by atoms with van der Waals surface area (Å²) in [6.07, 6.45) is 6.10. The van der Waals surface area contributed by atoms with Gasteiger partial charge in [-0.2, -0.15) is 0 Å². The lowest BCUT2D eigenvalue weighted by Gasteiger charge is -2.41. The first-order valence-electron chi connectivity index (χ1n) is 7.99. The molecule has 3 N–H and O–H groups in total. The molecule has 20 heavy (non-hydrogen) atoms. The van der Waals surface area contributed by atoms with Crippen LogP contribution in [0.1, 0.15) is 45.1 Å². The van der Waals surface area contributed by atoms with Gasteiger partial charge in [0.1, 0.15) is 0 Å². The van der Waals surface area contributed by atoms with Crippen molar-refractivity contribution in [3.63, 3.8) is 0 Å². The summed E-state index contributed by atoms with van der Waals surface area (Å²) < 4.78 is 0. The molecule has 3 unspecified atom stereocenters. The van der Waals surface area contributed by atoms with Gasteiger partial charge in [-0.05, 0) is 45.1 Å². The van der Waals surface area contributed by atoms with Crippen molar-refractivity contribution >= 4 is 0 Å². The van der Waals surface area contributed by atoms with Crippen LogP contribution in [0, 0.1) is 0 Å². The van der Waals surface area contributed by atoms with E-state index in [0.29, 0.717) is 24.7 Å². The molecule has 112 valence electrons. The highest BCUT2D eigenvalue weighted by molar-refractivity contribution is 5.14. The van der Waals surface area contributed by atoms with Crippen LogP contribution >= 0.6 is 0 Å². The molecule has 0 saturated carbocycles. The molecule has 0 bridgehead atoms. The van der Waals surface area contributed by atoms with Gasteiger partial charge in [0.15, 0.2) is 0 Å². The molecule has 1 fully saturated rings. The van der Waals surface area contributed by atoms with E-state index >= 15 is 0 Å². The largest absolute Gasteiger partial charge is 0.329 e. The fourth-order valence-electron chi connectivity index (χ4n) is 3.11. The van der Waals surface area contributed by atoms with Crippen molar-refractivity contribution in [3.05, 3.63) is 35.9 Å². The van der Waals surface area contributed by atoms with E-state index in [-0.39, 0.29) is 0 Å². The summed E-state index contributed by atoms with van der Waals surface area (Å²) in [5.41, 5.74) is 11.0. The number of nitrogens with zero attached hydrogens (tertiary/aromatic N) is 1. The highest BCUT2D eigenvalue weighted by atomic mass is 15.5. The van der Waals surface area contributed by atoms with Gasteiger partial charge < -0.3 is 5.73 Å². The Morgan fingerprint density at radius 2 is 1.85 bits per heavy atom. The van der Waals surface area contributed by atoms with Gasteiger partial charge in [-0.3, -0.25) is 5.43 Å². The number of aryl methyl sites for hydroxylation is 1. The Morgan fingerprint density at radius 1 is 1.20 bits per heavy atom. The van der Waals surface area contributed by atoms with E-state index in [9.17, 15) is 0 Å². The Labute approximate surface area is 123 Å². The van der Waals surface area contributed by atoms with E-state index in [1.807, 2.05) is 0 Å². The summed E-state index contributed by atoms with van der Waals surface area (Å²) in [4.78, 5) is 0. The molecule has 0 spiro atoms. The first-order chi connectivity index (χ1) is 9.70. The maximum absolute atomic E-state index is 5.96. The molecule has 3 heteroatoms. The van der Waals surface area contributed by atoms with Crippen LogP contribution in [0.3, 0.4) is 0 Å². The number of piperidine rings is 1. The molecule has 0 aliphatic carbocycles. The molecule has 1 heterocycles. The summed E-state index contributed by atoms with van der Waals surface area (Å²) >= 11 is 0. The molecule has 3 nitrogen and oxygen atoms in total. The van der Waals surface area contributed by atoms with Crippen LogP contribution in [0.4, 0.5) is 0 Å². The van der Waals surface area contributed by atoms with Crippen molar-refractivity contribution in [2.45, 2.75) is 64.1 Å². The molecule has 0 amide bonds. The number of nitrogens with two attached hydrogens (primary N) is 1. The van der Waals surface area contributed by atoms with E-state index < -0.39 is 0 Å². The lowest BCUT2D eigenvalue weighted by molar-refractivity contribution is 0.0294. The van der Waals surface area contributed by atoms with Gasteiger partial charge in [0.2, 0.25) is 0 Å². The van der Waals surface area contributed by atoms with Crippen LogP contribution in [0.15, 0.2) is 30.3 Å². The average molecular weight is 275 g/mol. The fraction of sp³-hybridized carbons (Fsp3) is 0.647. The standard InChI is InChI=1S/C17H29N3/c1-14-7-6-8-15(2)20(14)19-17(13-18)12-11-16-9-4-3-5-10-16/h3-5,9-10,14-15,17,19H,6-8,11-13,18H2,1-2H3. The van der Waals surface area contributed by atoms with E-state index in [4.69, 9.17) is 5.73 Å². The highest BCUT2D eigenvalue weighted by Gasteiger charge is 2.26. The first kappa shape index (κ1) is 15.5. The Kier molecular flexibility index (Phi) is 6.02. The van der Waals surface area contributed by atoms with E-state index in [2.05, 4.69) is 54.6 Å². The summed E-state index contributed by atoms with van der Waals surface area (Å²) in [6.45, 7) is 5.32. The highest BCUT2D eigenvalue weighted by Crippen LogP contribution is 2.21. The zero-order valence-corrected chi connectivity index (χ0v) is 12.9. The summed E-state index contributed by atoms with van der Waals surface area (Å²) in [5.74, 6) is 0. The second-order valence-corrected chi connectivity index (χ2v) is 6.12. The zero-order valence-electron chi connectivity index (χ0n) is 12.9. The molecular weight excluding hydrogens is 246 g/mol. The van der Waals surface area contributed by atoms with Crippen molar-refractivity contribution in [1.82, 2.24) is 10.4 Å². The monoisotopic (exact) mass is 275 g/mol. The smallest absolute Gasteiger partial charge is 0.0341 e. The van der Waals surface area contributed by atoms with Crippen LogP contribution in [0.25, 0.3) is 0 Å². The normalized spacial score (nSPS) is 25.6. The van der Waals surface area contributed by atoms with Gasteiger partial charge in [0, 0.05) is 24.7 Å². The minimum atomic E-state index is 0.373. The third-order valence-corrected chi connectivity index (χ3v) is 4.43. The van der Waals surface area contributed by atoms with Crippen molar-refractivity contribution in [1.29, 1.82) is 0 Å². The maximum Gasteiger partial charge on any atom is 0.0341 e. The van der Waals surface area contributed by atoms with Crippen molar-refractivity contribution in [2.24, 2.45) is 5.73 Å². The van der Waals surface area contributed by atoms with Gasteiger partial charge in [0.25, 0.3) is 0 Å². The van der Waals surface area contributed by atoms with E-state index in [1.54, 1.807) is 0 Å². The number of hydrogen-bond donors (Lipinski definition) is 2. The van der Waals surface area contributed by atoms with Gasteiger partial charge >= 0.3 is 0 Å². The predicted molar refractivity (Wildman–Crippen MR) is 85.4 cm³/mol. The Morgan fingerprint density at radius 3 is 2.45 bits per heavy atom. The summed E-state index contributed by atoms with van der Waals surface area (Å²) in [7, 11) is 0. The topological polar surface area (TPSA) is 41.3 Å². The fourth-order valence-corrected chi connectivity index (χ4v) is 3.11. The van der Waals surface area contributed by atoms with Gasteiger partial charge in [-0.25, -0.2) is 5.01 Å². The molecular formula is C17H29N3. The third kappa shape index (κ3) is 4.30. The van der Waals surface area contributed by atoms with Gasteiger partial charge in [-0.15, -0.1) is 0 Å². The Bertz CT molecular complexity index is 369. The minimum absolute atomic E-state index is 0.373. The number of benzene rings is 1. The van der Waals surface area contributed by atoms with Crippen LogP contribution < -0.4 is 11.2 Å². The summed E-state index contributed by atoms with van der Waals surface area (Å²) in [5, 5.41) is 2.44. The number of hydrogen-bond acceptors (Lipinski definition) is 3. The molecule has 1 aromatic carbocycles. The van der Waals surface area contributed by atoms with Crippen LogP contribution in [0.2, 0.25) is 0 Å². The molecule has 0 aromatic heterocycles. The maximum atomic E-state index is 5.96. The second-order valence-electron chi connectivity index (χ2n) is 6.12. The van der Waals surface area contributed by atoms with Gasteiger partial charge in [-0.1, -0.05) is 36.8 Å². The molecule has 1 saturated heterocycles. The zero-order chi connectivity index (χ0) is 14.4. The van der Waals surface area contributed by atoms with Crippen molar-refractivity contribution in [2.75, 3.05) is 6.54 Å². The number of nitrogens with one attached hydrogen (secondary N) is 1. The molecule has 1 aromatic rings. The van der Waals surface area contributed by atoms with Crippen LogP contribution in [-0.2, 0) is 6.42 Å². The quantitative estimate of drug-likeness (QED) is 0.839. The van der Waals surface area contributed by atoms with E-state index in [1.165, 1.54) is 24.8 Å². The molecule has 1 aliphatic heterocycles. The second kappa shape index (κ2) is 7.77. The first-order valence-corrected chi connectivity index (χ1v) is 7.99. The van der Waals surface area contributed by atoms with Crippen LogP contribution in [-0.4, -0.2) is 29.7 Å². The number of rotatable bonds is 6. The number of hydrazine groups is 1. The predicted octanol–water partition coefficient (Wildman–Crippen LogP) is 2.71. The van der Waals surface area contributed by atoms with Crippen molar-refractivity contribution < 1.29 is 0 Å². The average Bonchev–Trinajstić information content (AvgIpc) is 2.47. The molecule has 2 rings (SSSR count). The lowest BCUT2D eigenvalue weighted by atomic mass is 9.99. The Hall–Kier alpha value is -0.900. The molecule has 0 radical (unpaired) electrons. The van der Waals surface area contributed by atoms with Crippen molar-refractivity contribution in [3.8, 4) is 0 Å². The lowest BCUT2D eigenvalue weighted by Crippen LogP contribution is -2.57. The summed E-state index contributed by atoms with van der Waals surface area (Å²) in [6, 6.07) is 12.3. The molecule has 1 aliphatic rings.